The zero-order chi connectivity index (χ0) is 15.0. The van der Waals surface area contributed by atoms with Crippen molar-refractivity contribution in [3.63, 3.8) is 0 Å². The van der Waals surface area contributed by atoms with Crippen LogP contribution in [0.3, 0.4) is 0 Å². The molecule has 5 heteroatoms. The molecule has 0 fully saturated rings. The summed E-state index contributed by atoms with van der Waals surface area (Å²) in [6, 6.07) is 12.1. The first-order valence-corrected chi connectivity index (χ1v) is 7.83. The molecule has 2 aromatic carbocycles. The van der Waals surface area contributed by atoms with Crippen molar-refractivity contribution in [2.24, 2.45) is 0 Å². The van der Waals surface area contributed by atoms with E-state index in [0.29, 0.717) is 5.02 Å². The molecule has 0 spiro atoms. The molecule has 1 heterocycles. The van der Waals surface area contributed by atoms with Crippen LogP contribution in [0.2, 0.25) is 5.02 Å². The van der Waals surface area contributed by atoms with Crippen LogP contribution in [0.4, 0.5) is 16.5 Å². The fourth-order valence-electron chi connectivity index (χ4n) is 2.25. The molecule has 0 aliphatic heterocycles. The van der Waals surface area contributed by atoms with Gasteiger partial charge in [0.05, 0.1) is 10.2 Å². The van der Waals surface area contributed by atoms with Crippen LogP contribution in [0.1, 0.15) is 5.56 Å². The summed E-state index contributed by atoms with van der Waals surface area (Å²) in [6.45, 7) is 2.11. The lowest BCUT2D eigenvalue weighted by molar-refractivity contribution is 1.11. The molecular formula is C16H16ClN3S. The van der Waals surface area contributed by atoms with E-state index >= 15 is 0 Å². The third-order valence-corrected chi connectivity index (χ3v) is 4.48. The molecule has 1 aromatic heterocycles. The summed E-state index contributed by atoms with van der Waals surface area (Å²) in [6.07, 6.45) is 0. The van der Waals surface area contributed by atoms with Crippen molar-refractivity contribution < 1.29 is 0 Å². The smallest absolute Gasteiger partial charge is 0.188 e. The van der Waals surface area contributed by atoms with E-state index in [0.717, 1.165) is 21.0 Å². The molecule has 0 unspecified atom stereocenters. The van der Waals surface area contributed by atoms with Gasteiger partial charge in [0.1, 0.15) is 0 Å². The lowest BCUT2D eigenvalue weighted by Crippen LogP contribution is -2.10. The van der Waals surface area contributed by atoms with Crippen LogP contribution in [0, 0.1) is 6.92 Å². The zero-order valence-corrected chi connectivity index (χ0v) is 13.7. The topological polar surface area (TPSA) is 28.2 Å². The first-order chi connectivity index (χ1) is 10.0. The van der Waals surface area contributed by atoms with E-state index in [-0.39, 0.29) is 0 Å². The van der Waals surface area contributed by atoms with Crippen molar-refractivity contribution in [3.8, 4) is 0 Å². The van der Waals surface area contributed by atoms with Gasteiger partial charge in [0.15, 0.2) is 5.13 Å². The number of hydrogen-bond donors (Lipinski definition) is 1. The minimum absolute atomic E-state index is 0.713. The van der Waals surface area contributed by atoms with Crippen LogP contribution < -0.4 is 10.2 Å². The molecule has 0 aliphatic carbocycles. The van der Waals surface area contributed by atoms with Crippen LogP contribution in [0.25, 0.3) is 10.2 Å². The van der Waals surface area contributed by atoms with Crippen molar-refractivity contribution in [1.29, 1.82) is 0 Å². The van der Waals surface area contributed by atoms with Crippen molar-refractivity contribution in [2.75, 3.05) is 24.3 Å². The number of nitrogens with one attached hydrogen (secondary N) is 1. The quantitative estimate of drug-likeness (QED) is 0.731. The number of aryl methyl sites for hydroxylation is 1. The Hall–Kier alpha value is -1.78. The van der Waals surface area contributed by atoms with E-state index in [9.17, 15) is 0 Å². The molecule has 0 saturated carbocycles. The maximum Gasteiger partial charge on any atom is 0.188 e. The van der Waals surface area contributed by atoms with Gasteiger partial charge in [-0.2, -0.15) is 0 Å². The first kappa shape index (κ1) is 14.2. The predicted octanol–water partition coefficient (Wildman–Crippen LogP) is 5.07. The van der Waals surface area contributed by atoms with Crippen LogP contribution in [-0.2, 0) is 0 Å². The normalized spacial score (nSPS) is 10.9. The summed E-state index contributed by atoms with van der Waals surface area (Å²) in [5.74, 6) is 0. The Kier molecular flexibility index (Phi) is 3.74. The van der Waals surface area contributed by atoms with E-state index < -0.39 is 0 Å². The molecule has 1 N–H and O–H groups in total. The maximum atomic E-state index is 6.00. The average Bonchev–Trinajstić information content (AvgIpc) is 2.82. The van der Waals surface area contributed by atoms with Gasteiger partial charge in [-0.05, 0) is 42.8 Å². The number of anilines is 3. The second-order valence-electron chi connectivity index (χ2n) is 5.15. The predicted molar refractivity (Wildman–Crippen MR) is 93.4 cm³/mol. The maximum absolute atomic E-state index is 6.00. The average molecular weight is 318 g/mol. The molecule has 3 aromatic rings. The van der Waals surface area contributed by atoms with Crippen LogP contribution in [-0.4, -0.2) is 19.1 Å². The van der Waals surface area contributed by atoms with Crippen LogP contribution >= 0.6 is 22.9 Å². The fraction of sp³-hybridized carbons (Fsp3) is 0.188. The van der Waals surface area contributed by atoms with Gasteiger partial charge >= 0.3 is 0 Å². The molecule has 0 bridgehead atoms. The highest BCUT2D eigenvalue weighted by atomic mass is 35.5. The first-order valence-electron chi connectivity index (χ1n) is 6.64. The van der Waals surface area contributed by atoms with Crippen molar-refractivity contribution >= 4 is 49.7 Å². The number of fused-ring (bicyclic) bond motifs is 1. The van der Waals surface area contributed by atoms with E-state index in [2.05, 4.69) is 40.3 Å². The number of nitrogens with zero attached hydrogens (tertiary/aromatic N) is 2. The lowest BCUT2D eigenvalue weighted by atomic mass is 10.1. The molecule has 0 amide bonds. The second-order valence-corrected chi connectivity index (χ2v) is 6.62. The van der Waals surface area contributed by atoms with Gasteiger partial charge in [0.25, 0.3) is 0 Å². The Labute approximate surface area is 133 Å². The highest BCUT2D eigenvalue weighted by molar-refractivity contribution is 7.22. The molecule has 0 aliphatic rings. The van der Waals surface area contributed by atoms with E-state index in [1.54, 1.807) is 11.3 Å². The summed E-state index contributed by atoms with van der Waals surface area (Å²) < 4.78 is 1.13. The SMILES string of the molecule is Cc1ccc(Nc2nc3cc(Cl)ccc3s2)cc1N(C)C. The molecular weight excluding hydrogens is 302 g/mol. The van der Waals surface area contributed by atoms with Crippen LogP contribution in [0.15, 0.2) is 36.4 Å². The molecule has 0 saturated heterocycles. The fourth-order valence-corrected chi connectivity index (χ4v) is 3.28. The van der Waals surface area contributed by atoms with E-state index in [4.69, 9.17) is 11.6 Å². The minimum atomic E-state index is 0.713. The van der Waals surface area contributed by atoms with Gasteiger partial charge in [-0.1, -0.05) is 29.0 Å². The molecule has 108 valence electrons. The number of benzene rings is 2. The lowest BCUT2D eigenvalue weighted by Gasteiger charge is -2.16. The number of hydrogen-bond acceptors (Lipinski definition) is 4. The summed E-state index contributed by atoms with van der Waals surface area (Å²) in [5, 5.41) is 4.96. The van der Waals surface area contributed by atoms with Gasteiger partial charge in [-0.25, -0.2) is 4.98 Å². The molecule has 3 nitrogen and oxygen atoms in total. The number of rotatable bonds is 3. The van der Waals surface area contributed by atoms with Gasteiger partial charge in [-0.15, -0.1) is 0 Å². The van der Waals surface area contributed by atoms with Crippen molar-refractivity contribution in [3.05, 3.63) is 47.0 Å². The Bertz CT molecular complexity index is 795. The standard InChI is InChI=1S/C16H16ClN3S/c1-10-4-6-12(9-14(10)20(2)3)18-16-19-13-8-11(17)5-7-15(13)21-16/h4-9H,1-3H3,(H,18,19). The highest BCUT2D eigenvalue weighted by Gasteiger charge is 2.07. The number of aromatic nitrogens is 1. The van der Waals surface area contributed by atoms with Gasteiger partial charge in [0, 0.05) is 30.5 Å². The number of halogens is 1. The summed E-state index contributed by atoms with van der Waals surface area (Å²) in [4.78, 5) is 6.68. The second kappa shape index (κ2) is 5.54. The third kappa shape index (κ3) is 2.96. The minimum Gasteiger partial charge on any atom is -0.377 e. The van der Waals surface area contributed by atoms with Gasteiger partial charge < -0.3 is 10.2 Å². The van der Waals surface area contributed by atoms with Crippen molar-refractivity contribution in [2.45, 2.75) is 6.92 Å². The molecule has 3 rings (SSSR count). The van der Waals surface area contributed by atoms with E-state index in [1.807, 2.05) is 32.3 Å². The summed E-state index contributed by atoms with van der Waals surface area (Å²) >= 11 is 7.62. The zero-order valence-electron chi connectivity index (χ0n) is 12.1. The molecule has 0 radical (unpaired) electrons. The van der Waals surface area contributed by atoms with Crippen molar-refractivity contribution in [1.82, 2.24) is 4.98 Å². The molecule has 21 heavy (non-hydrogen) atoms. The third-order valence-electron chi connectivity index (χ3n) is 3.29. The Morgan fingerprint density at radius 2 is 1.95 bits per heavy atom. The number of thiazole rings is 1. The van der Waals surface area contributed by atoms with Gasteiger partial charge in [-0.3, -0.25) is 0 Å². The Morgan fingerprint density at radius 1 is 1.14 bits per heavy atom. The monoisotopic (exact) mass is 317 g/mol. The largest absolute Gasteiger partial charge is 0.377 e. The Morgan fingerprint density at radius 3 is 2.71 bits per heavy atom. The van der Waals surface area contributed by atoms with E-state index in [1.165, 1.54) is 11.3 Å². The van der Waals surface area contributed by atoms with Crippen LogP contribution in [0.5, 0.6) is 0 Å². The summed E-state index contributed by atoms with van der Waals surface area (Å²) in [5.41, 5.74) is 4.41. The molecule has 0 atom stereocenters. The van der Waals surface area contributed by atoms with Gasteiger partial charge in [0.2, 0.25) is 0 Å². The Balaban J connectivity index is 1.93. The highest BCUT2D eigenvalue weighted by Crippen LogP contribution is 2.31. The summed E-state index contributed by atoms with van der Waals surface area (Å²) in [7, 11) is 4.09.